The number of pyridine rings is 1. The maximum Gasteiger partial charge on any atom is 0.245 e. The minimum absolute atomic E-state index is 0.0598. The van der Waals surface area contributed by atoms with Gasteiger partial charge in [-0.3, -0.25) is 9.69 Å². The van der Waals surface area contributed by atoms with Crippen molar-refractivity contribution in [3.8, 4) is 23.1 Å². The van der Waals surface area contributed by atoms with Crippen molar-refractivity contribution >= 4 is 29.0 Å². The summed E-state index contributed by atoms with van der Waals surface area (Å²) in [7, 11) is 1.62. The van der Waals surface area contributed by atoms with E-state index in [1.165, 1.54) is 11.8 Å². The fraction of sp³-hybridized carbons (Fsp3) is 0.138. The highest BCUT2D eigenvalue weighted by atomic mass is 32.2. The van der Waals surface area contributed by atoms with Crippen molar-refractivity contribution in [3.63, 3.8) is 0 Å². The minimum atomic E-state index is -0.430. The summed E-state index contributed by atoms with van der Waals surface area (Å²) in [6.07, 6.45) is 0.582. The Morgan fingerprint density at radius 3 is 2.06 bits per heavy atom. The lowest BCUT2D eigenvalue weighted by molar-refractivity contribution is -0.117. The Hall–Kier alpha value is -4.08. The lowest BCUT2D eigenvalue weighted by Crippen LogP contribution is -2.34. The van der Waals surface area contributed by atoms with Crippen LogP contribution in [0.15, 0.2) is 102 Å². The van der Waals surface area contributed by atoms with Crippen LogP contribution in [0.1, 0.15) is 18.9 Å². The van der Waals surface area contributed by atoms with Crippen LogP contribution in [0.4, 0.5) is 11.4 Å². The highest BCUT2D eigenvalue weighted by Gasteiger charge is 2.28. The number of thioether (sulfide) groups is 1. The quantitative estimate of drug-likeness (QED) is 0.258. The molecule has 0 bridgehead atoms. The smallest absolute Gasteiger partial charge is 0.245 e. The number of nitrogens with zero attached hydrogens (tertiary/aromatic N) is 3. The van der Waals surface area contributed by atoms with Crippen LogP contribution in [0.2, 0.25) is 0 Å². The number of hydrogen-bond acceptors (Lipinski definition) is 5. The summed E-state index contributed by atoms with van der Waals surface area (Å²) in [5.41, 5.74) is 3.68. The molecule has 3 aromatic carbocycles. The van der Waals surface area contributed by atoms with Crippen molar-refractivity contribution in [2.45, 2.75) is 23.6 Å². The third kappa shape index (κ3) is 5.53. The van der Waals surface area contributed by atoms with Gasteiger partial charge in [0.1, 0.15) is 16.8 Å². The predicted octanol–water partition coefficient (Wildman–Crippen LogP) is 6.86. The second kappa shape index (κ2) is 11.4. The summed E-state index contributed by atoms with van der Waals surface area (Å²) in [5.74, 6) is 0.700. The van der Waals surface area contributed by atoms with E-state index in [0.29, 0.717) is 17.0 Å². The Bertz CT molecular complexity index is 1280. The van der Waals surface area contributed by atoms with E-state index in [4.69, 9.17) is 9.72 Å². The predicted molar refractivity (Wildman–Crippen MR) is 141 cm³/mol. The normalized spacial score (nSPS) is 11.3. The molecule has 1 amide bonds. The molecule has 1 heterocycles. The zero-order chi connectivity index (χ0) is 24.6. The number of amides is 1. The molecule has 4 aromatic rings. The van der Waals surface area contributed by atoms with E-state index >= 15 is 0 Å². The molecule has 4 rings (SSSR count). The van der Waals surface area contributed by atoms with Gasteiger partial charge >= 0.3 is 0 Å². The number of rotatable bonds is 8. The fourth-order valence-electron chi connectivity index (χ4n) is 3.68. The van der Waals surface area contributed by atoms with Crippen LogP contribution >= 0.6 is 11.8 Å². The third-order valence-electron chi connectivity index (χ3n) is 5.52. The van der Waals surface area contributed by atoms with E-state index < -0.39 is 5.25 Å². The molecule has 0 aliphatic heterocycles. The van der Waals surface area contributed by atoms with Crippen molar-refractivity contribution in [3.05, 3.63) is 103 Å². The number of methoxy groups -OCH3 is 1. The summed E-state index contributed by atoms with van der Waals surface area (Å²) >= 11 is 1.33. The number of carbonyl (C=O) groups excluding carboxylic acids is 1. The molecule has 1 unspecified atom stereocenters. The maximum absolute atomic E-state index is 13.9. The molecule has 174 valence electrons. The van der Waals surface area contributed by atoms with Crippen LogP contribution < -0.4 is 9.64 Å². The van der Waals surface area contributed by atoms with Crippen molar-refractivity contribution in [1.29, 1.82) is 5.26 Å². The van der Waals surface area contributed by atoms with Gasteiger partial charge in [-0.2, -0.15) is 5.26 Å². The molecular weight excluding hydrogens is 454 g/mol. The Labute approximate surface area is 210 Å². The van der Waals surface area contributed by atoms with Gasteiger partial charge in [0.25, 0.3) is 0 Å². The van der Waals surface area contributed by atoms with Gasteiger partial charge in [-0.25, -0.2) is 4.98 Å². The van der Waals surface area contributed by atoms with E-state index in [2.05, 4.69) is 6.07 Å². The van der Waals surface area contributed by atoms with Crippen molar-refractivity contribution in [2.75, 3.05) is 12.0 Å². The molecule has 0 saturated carbocycles. The van der Waals surface area contributed by atoms with E-state index in [9.17, 15) is 10.1 Å². The topological polar surface area (TPSA) is 66.2 Å². The van der Waals surface area contributed by atoms with Crippen molar-refractivity contribution in [1.82, 2.24) is 4.98 Å². The minimum Gasteiger partial charge on any atom is -0.497 e. The van der Waals surface area contributed by atoms with Gasteiger partial charge in [-0.15, -0.1) is 0 Å². The van der Waals surface area contributed by atoms with Crippen LogP contribution in [-0.2, 0) is 4.79 Å². The molecule has 1 atom stereocenters. The molecule has 6 heteroatoms. The molecule has 35 heavy (non-hydrogen) atoms. The van der Waals surface area contributed by atoms with Gasteiger partial charge < -0.3 is 4.74 Å². The van der Waals surface area contributed by atoms with Gasteiger partial charge in [-0.05, 0) is 67.1 Å². The molecule has 0 saturated heterocycles. The van der Waals surface area contributed by atoms with Crippen LogP contribution in [0.5, 0.6) is 5.75 Å². The number of carbonyl (C=O) groups is 1. The van der Waals surface area contributed by atoms with E-state index in [1.807, 2.05) is 97.9 Å². The first-order chi connectivity index (χ1) is 17.1. The van der Waals surface area contributed by atoms with Crippen molar-refractivity contribution in [2.24, 2.45) is 0 Å². The van der Waals surface area contributed by atoms with Crippen LogP contribution in [0.3, 0.4) is 0 Å². The first kappa shape index (κ1) is 24.1. The van der Waals surface area contributed by atoms with Crippen LogP contribution in [0, 0.1) is 11.3 Å². The molecule has 0 aliphatic rings. The van der Waals surface area contributed by atoms with Gasteiger partial charge in [0.2, 0.25) is 5.91 Å². The number of hydrogen-bond donors (Lipinski definition) is 0. The zero-order valence-electron chi connectivity index (χ0n) is 19.6. The van der Waals surface area contributed by atoms with Gasteiger partial charge in [0.05, 0.1) is 23.6 Å². The molecule has 0 aliphatic carbocycles. The summed E-state index contributed by atoms with van der Waals surface area (Å²) in [6.45, 7) is 1.98. The molecule has 0 radical (unpaired) electrons. The maximum atomic E-state index is 13.9. The lowest BCUT2D eigenvalue weighted by Gasteiger charge is -2.27. The molecule has 0 spiro atoms. The largest absolute Gasteiger partial charge is 0.497 e. The SMILES string of the molecule is CCC(Sc1nc(-c2ccc(OC)cc2)ccc1C#N)C(=O)N(c1ccccc1)c1ccccc1. The van der Waals surface area contributed by atoms with Crippen LogP contribution in [0.25, 0.3) is 11.3 Å². The number of para-hydroxylation sites is 2. The average molecular weight is 480 g/mol. The monoisotopic (exact) mass is 479 g/mol. The first-order valence-corrected chi connectivity index (χ1v) is 12.2. The Kier molecular flexibility index (Phi) is 7.81. The fourth-order valence-corrected chi connectivity index (χ4v) is 4.72. The highest BCUT2D eigenvalue weighted by molar-refractivity contribution is 8.00. The molecular formula is C29H25N3O2S. The summed E-state index contributed by atoms with van der Waals surface area (Å²) in [4.78, 5) is 20.4. The van der Waals surface area contributed by atoms with Gasteiger partial charge in [0, 0.05) is 16.9 Å². The Morgan fingerprint density at radius 2 is 1.54 bits per heavy atom. The van der Waals surface area contributed by atoms with Gasteiger partial charge in [-0.1, -0.05) is 55.1 Å². The second-order valence-corrected chi connectivity index (χ2v) is 8.94. The van der Waals surface area contributed by atoms with E-state index in [1.54, 1.807) is 18.1 Å². The lowest BCUT2D eigenvalue weighted by atomic mass is 10.1. The molecule has 5 nitrogen and oxygen atoms in total. The van der Waals surface area contributed by atoms with E-state index in [-0.39, 0.29) is 5.91 Å². The summed E-state index contributed by atoms with van der Waals surface area (Å²) < 4.78 is 5.24. The number of ether oxygens (including phenoxy) is 1. The summed E-state index contributed by atoms with van der Waals surface area (Å²) in [5, 5.41) is 9.84. The van der Waals surface area contributed by atoms with Gasteiger partial charge in [0.15, 0.2) is 0 Å². The molecule has 0 N–H and O–H groups in total. The second-order valence-electron chi connectivity index (χ2n) is 7.75. The first-order valence-electron chi connectivity index (χ1n) is 11.3. The number of anilines is 2. The third-order valence-corrected chi connectivity index (χ3v) is 6.87. The van der Waals surface area contributed by atoms with Crippen molar-refractivity contribution < 1.29 is 9.53 Å². The number of benzene rings is 3. The Balaban J connectivity index is 1.68. The molecule has 0 fully saturated rings. The standard InChI is InChI=1S/C29H25N3O2S/c1-3-27(29(33)32(23-10-6-4-7-11-23)24-12-8-5-9-13-24)35-28-22(20-30)16-19-26(31-28)21-14-17-25(34-2)18-15-21/h4-19,27H,3H2,1-2H3. The Morgan fingerprint density at radius 1 is 0.943 bits per heavy atom. The average Bonchev–Trinajstić information content (AvgIpc) is 2.93. The number of aromatic nitrogens is 1. The zero-order valence-corrected chi connectivity index (χ0v) is 20.4. The highest BCUT2D eigenvalue weighted by Crippen LogP contribution is 2.34. The van der Waals surface area contributed by atoms with E-state index in [0.717, 1.165) is 28.4 Å². The number of nitriles is 1. The summed E-state index contributed by atoms with van der Waals surface area (Å²) in [6, 6.07) is 32.6. The molecule has 1 aromatic heterocycles. The van der Waals surface area contributed by atoms with Crippen LogP contribution in [-0.4, -0.2) is 23.3 Å².